The molecule has 5 heteroatoms. The van der Waals surface area contributed by atoms with Gasteiger partial charge in [-0.1, -0.05) is 22.0 Å². The van der Waals surface area contributed by atoms with Gasteiger partial charge in [0.15, 0.2) is 0 Å². The molecular weight excluding hydrogens is 426 g/mol. The van der Waals surface area contributed by atoms with Crippen LogP contribution in [0.15, 0.2) is 59.2 Å². The van der Waals surface area contributed by atoms with E-state index in [-0.39, 0.29) is 11.4 Å². The number of benzene rings is 2. The van der Waals surface area contributed by atoms with E-state index in [1.807, 2.05) is 29.2 Å². The van der Waals surface area contributed by atoms with Crippen molar-refractivity contribution >= 4 is 27.5 Å². The van der Waals surface area contributed by atoms with Gasteiger partial charge in [0.25, 0.3) is 5.91 Å². The molecule has 148 valence electrons. The summed E-state index contributed by atoms with van der Waals surface area (Å²) in [4.78, 5) is 14.9. The Hall–Kier alpha value is -2.53. The van der Waals surface area contributed by atoms with Crippen molar-refractivity contribution in [3.8, 4) is 5.69 Å². The van der Waals surface area contributed by atoms with Crippen LogP contribution >= 0.6 is 15.9 Å². The minimum absolute atomic E-state index is 0.116. The second kappa shape index (κ2) is 6.77. The first-order valence-corrected chi connectivity index (χ1v) is 10.9. The van der Waals surface area contributed by atoms with Gasteiger partial charge in [-0.3, -0.25) is 4.79 Å². The molecule has 3 aromatic rings. The number of halogens is 1. The summed E-state index contributed by atoms with van der Waals surface area (Å²) in [5.41, 5.74) is 6.97. The molecule has 0 aliphatic carbocycles. The molecule has 4 nitrogen and oxygen atoms in total. The minimum Gasteiger partial charge on any atom is -0.372 e. The molecule has 0 saturated carbocycles. The molecule has 1 saturated heterocycles. The molecular formula is C24H24BrN3O. The lowest BCUT2D eigenvalue weighted by atomic mass is 9.81. The monoisotopic (exact) mass is 449 g/mol. The number of carbonyl (C=O) groups is 1. The van der Waals surface area contributed by atoms with Crippen LogP contribution in [-0.2, 0) is 5.54 Å². The Morgan fingerprint density at radius 3 is 2.48 bits per heavy atom. The molecule has 2 aliphatic rings. The van der Waals surface area contributed by atoms with E-state index in [4.69, 9.17) is 0 Å². The number of fused-ring (bicyclic) bond motifs is 4. The van der Waals surface area contributed by atoms with Crippen LogP contribution in [0.25, 0.3) is 5.69 Å². The van der Waals surface area contributed by atoms with Gasteiger partial charge < -0.3 is 14.8 Å². The summed E-state index contributed by atoms with van der Waals surface area (Å²) in [6.07, 6.45) is 3.96. The van der Waals surface area contributed by atoms with Crippen molar-refractivity contribution in [2.24, 2.45) is 0 Å². The highest BCUT2D eigenvalue weighted by molar-refractivity contribution is 9.10. The average Bonchev–Trinajstić information content (AvgIpc) is 3.22. The fourth-order valence-electron chi connectivity index (χ4n) is 4.75. The van der Waals surface area contributed by atoms with E-state index in [2.05, 4.69) is 70.1 Å². The van der Waals surface area contributed by atoms with Gasteiger partial charge in [-0.15, -0.1) is 0 Å². The SMILES string of the molecule is Cc1ccc2c(c1C)-n1cccc1C1(CCN(C(=O)c3ccc(Br)cc3)CC1)N2. The number of piperidine rings is 1. The average molecular weight is 450 g/mol. The lowest BCUT2D eigenvalue weighted by Crippen LogP contribution is -2.51. The van der Waals surface area contributed by atoms with Crippen molar-refractivity contribution in [2.75, 3.05) is 18.4 Å². The Bertz CT molecular complexity index is 1090. The number of carbonyl (C=O) groups excluding carboxylic acids is 1. The molecule has 2 aromatic carbocycles. The Labute approximate surface area is 179 Å². The van der Waals surface area contributed by atoms with Crippen LogP contribution in [-0.4, -0.2) is 28.5 Å². The van der Waals surface area contributed by atoms with Gasteiger partial charge in [0.2, 0.25) is 0 Å². The molecule has 3 heterocycles. The maximum atomic E-state index is 12.9. The van der Waals surface area contributed by atoms with Crippen LogP contribution in [0.3, 0.4) is 0 Å². The van der Waals surface area contributed by atoms with Crippen LogP contribution < -0.4 is 5.32 Å². The van der Waals surface area contributed by atoms with E-state index in [0.29, 0.717) is 0 Å². The van der Waals surface area contributed by atoms with Gasteiger partial charge in [0.05, 0.1) is 16.9 Å². The predicted molar refractivity (Wildman–Crippen MR) is 120 cm³/mol. The summed E-state index contributed by atoms with van der Waals surface area (Å²) in [5.74, 6) is 0.116. The summed E-state index contributed by atoms with van der Waals surface area (Å²) in [5, 5.41) is 3.86. The molecule has 1 aromatic heterocycles. The highest BCUT2D eigenvalue weighted by atomic mass is 79.9. The number of amides is 1. The van der Waals surface area contributed by atoms with Crippen molar-refractivity contribution in [3.05, 3.63) is 81.6 Å². The lowest BCUT2D eigenvalue weighted by molar-refractivity contribution is 0.0676. The molecule has 1 N–H and O–H groups in total. The highest BCUT2D eigenvalue weighted by Gasteiger charge is 2.42. The third kappa shape index (κ3) is 2.91. The molecule has 1 fully saturated rings. The summed E-state index contributed by atoms with van der Waals surface area (Å²) >= 11 is 3.44. The van der Waals surface area contributed by atoms with Crippen LogP contribution in [0, 0.1) is 13.8 Å². The normalized spacial score (nSPS) is 16.9. The number of hydrogen-bond acceptors (Lipinski definition) is 2. The second-order valence-electron chi connectivity index (χ2n) is 8.17. The zero-order valence-corrected chi connectivity index (χ0v) is 18.3. The fourth-order valence-corrected chi connectivity index (χ4v) is 5.01. The number of hydrogen-bond donors (Lipinski definition) is 1. The molecule has 0 unspecified atom stereocenters. The van der Waals surface area contributed by atoms with Crippen LogP contribution in [0.4, 0.5) is 5.69 Å². The number of aryl methyl sites for hydroxylation is 1. The van der Waals surface area contributed by atoms with E-state index < -0.39 is 0 Å². The number of aromatic nitrogens is 1. The molecule has 2 aliphatic heterocycles. The Morgan fingerprint density at radius 2 is 1.76 bits per heavy atom. The van der Waals surface area contributed by atoms with E-state index in [0.717, 1.165) is 36.0 Å². The maximum Gasteiger partial charge on any atom is 0.253 e. The Kier molecular flexibility index (Phi) is 4.32. The zero-order valence-electron chi connectivity index (χ0n) is 16.7. The first kappa shape index (κ1) is 18.5. The number of nitrogens with zero attached hydrogens (tertiary/aromatic N) is 2. The van der Waals surface area contributed by atoms with E-state index in [1.54, 1.807) is 0 Å². The van der Waals surface area contributed by atoms with Gasteiger partial charge >= 0.3 is 0 Å². The summed E-state index contributed by atoms with van der Waals surface area (Å²) in [6, 6.07) is 16.4. The van der Waals surface area contributed by atoms with E-state index in [9.17, 15) is 4.79 Å². The van der Waals surface area contributed by atoms with Gasteiger partial charge in [-0.2, -0.15) is 0 Å². The zero-order chi connectivity index (χ0) is 20.2. The minimum atomic E-state index is -0.130. The van der Waals surface area contributed by atoms with Crippen molar-refractivity contribution in [1.29, 1.82) is 0 Å². The van der Waals surface area contributed by atoms with Crippen molar-refractivity contribution in [1.82, 2.24) is 9.47 Å². The lowest BCUT2D eigenvalue weighted by Gasteiger charge is -2.46. The molecule has 0 atom stereocenters. The number of rotatable bonds is 1. The molecule has 0 radical (unpaired) electrons. The van der Waals surface area contributed by atoms with Crippen molar-refractivity contribution in [3.63, 3.8) is 0 Å². The van der Waals surface area contributed by atoms with Crippen LogP contribution in [0.5, 0.6) is 0 Å². The summed E-state index contributed by atoms with van der Waals surface area (Å²) in [6.45, 7) is 5.84. The predicted octanol–water partition coefficient (Wildman–Crippen LogP) is 5.41. The molecule has 0 bridgehead atoms. The summed E-state index contributed by atoms with van der Waals surface area (Å²) < 4.78 is 3.34. The van der Waals surface area contributed by atoms with Gasteiger partial charge in [0, 0.05) is 35.0 Å². The highest BCUT2D eigenvalue weighted by Crippen LogP contribution is 2.44. The second-order valence-corrected chi connectivity index (χ2v) is 9.09. The Morgan fingerprint density at radius 1 is 1.03 bits per heavy atom. The van der Waals surface area contributed by atoms with Gasteiger partial charge in [0.1, 0.15) is 0 Å². The van der Waals surface area contributed by atoms with E-state index in [1.165, 1.54) is 28.2 Å². The van der Waals surface area contributed by atoms with Crippen LogP contribution in [0.2, 0.25) is 0 Å². The maximum absolute atomic E-state index is 12.9. The molecule has 29 heavy (non-hydrogen) atoms. The molecule has 5 rings (SSSR count). The van der Waals surface area contributed by atoms with Gasteiger partial charge in [-0.25, -0.2) is 0 Å². The first-order valence-electron chi connectivity index (χ1n) is 10.1. The van der Waals surface area contributed by atoms with Gasteiger partial charge in [-0.05, 0) is 80.3 Å². The Balaban J connectivity index is 1.43. The first-order chi connectivity index (χ1) is 14.0. The van der Waals surface area contributed by atoms with E-state index >= 15 is 0 Å². The number of likely N-dealkylation sites (tertiary alicyclic amines) is 1. The topological polar surface area (TPSA) is 37.3 Å². The third-order valence-electron chi connectivity index (χ3n) is 6.55. The molecule has 1 spiro atoms. The number of nitrogens with one attached hydrogen (secondary N) is 1. The van der Waals surface area contributed by atoms with Crippen molar-refractivity contribution in [2.45, 2.75) is 32.2 Å². The fraction of sp³-hybridized carbons (Fsp3) is 0.292. The van der Waals surface area contributed by atoms with Crippen molar-refractivity contribution < 1.29 is 4.79 Å². The largest absolute Gasteiger partial charge is 0.372 e. The third-order valence-corrected chi connectivity index (χ3v) is 7.08. The molecule has 1 amide bonds. The smallest absolute Gasteiger partial charge is 0.253 e. The van der Waals surface area contributed by atoms with Crippen LogP contribution in [0.1, 0.15) is 40.0 Å². The summed E-state index contributed by atoms with van der Waals surface area (Å²) in [7, 11) is 0. The number of anilines is 1. The quantitative estimate of drug-likeness (QED) is 0.538. The standard InChI is InChI=1S/C24H24BrN3O/c1-16-5-10-20-22(17(16)2)28-13-3-4-21(28)24(26-20)11-14-27(15-12-24)23(29)18-6-8-19(25)9-7-18/h3-10,13,26H,11-12,14-15H2,1-2H3.